The molecule has 0 aliphatic carbocycles. The maximum atomic E-state index is 12.2. The van der Waals surface area contributed by atoms with Crippen LogP contribution in [0.3, 0.4) is 0 Å². The molecule has 0 rings (SSSR count). The van der Waals surface area contributed by atoms with E-state index in [4.69, 9.17) is 33.9 Å². The number of hydrogen-bond donors (Lipinski definition) is 2. The Morgan fingerprint density at radius 1 is 0.542 bits per heavy atom. The Bertz CT molecular complexity index is 905. The molecule has 274 valence electrons. The Morgan fingerprint density at radius 3 is 1.27 bits per heavy atom. The third-order valence-corrected chi connectivity index (χ3v) is 8.63. The van der Waals surface area contributed by atoms with E-state index in [0.29, 0.717) is 56.4 Å². The average Bonchev–Trinajstić information content (AvgIpc) is 3.08. The Morgan fingerprint density at radius 2 is 0.917 bits per heavy atom. The fourth-order valence-corrected chi connectivity index (χ4v) is 5.21. The third-order valence-electron chi connectivity index (χ3n) is 5.73. The van der Waals surface area contributed by atoms with Crippen molar-refractivity contribution in [1.29, 1.82) is 0 Å². The summed E-state index contributed by atoms with van der Waals surface area (Å²) in [4.78, 5) is 51.4. The van der Waals surface area contributed by atoms with Crippen LogP contribution in [-0.4, -0.2) is 134 Å². The van der Waals surface area contributed by atoms with Crippen LogP contribution in [0.15, 0.2) is 49.1 Å². The van der Waals surface area contributed by atoms with Crippen LogP contribution in [0, 0.1) is 0 Å². The number of aliphatic hydroxyl groups is 2. The minimum Gasteiger partial charge on any atom is -0.462 e. The predicted molar refractivity (Wildman–Crippen MR) is 191 cm³/mol. The molecule has 0 saturated carbocycles. The number of unbranched alkanes of at least 4 members (excludes halogenated alkanes) is 4. The summed E-state index contributed by atoms with van der Waals surface area (Å²) in [5.41, 5.74) is 0. The van der Waals surface area contributed by atoms with E-state index in [1.165, 1.54) is 65.4 Å². The minimum absolute atomic E-state index is 0.105. The first-order chi connectivity index (χ1) is 23.4. The number of hydrogen-bond acceptors (Lipinski definition) is 16. The van der Waals surface area contributed by atoms with Crippen LogP contribution in [0.5, 0.6) is 0 Å². The standard InChI is InChI=1S/C32H52N2O11S3/c1-41-21-22-42-29(37)9-15-33(13-5-3-7-19-35)17-11-31(39)44-24-27-47-48-28-25-45-32(40)12-18-34(14-6-4-8-20-36)16-10-30(38)43-23-26-46-2/h9-12,15-18,35-36H,3-8,13-14,19-28H2,1-2H3/b15-9+,16-10+,17-11+,18-12+. The van der Waals surface area contributed by atoms with Crippen LogP contribution in [0.2, 0.25) is 0 Å². The van der Waals surface area contributed by atoms with Gasteiger partial charge in [-0.1, -0.05) is 21.6 Å². The molecule has 0 heterocycles. The van der Waals surface area contributed by atoms with Gasteiger partial charge in [-0.05, 0) is 44.8 Å². The fraction of sp³-hybridized carbons (Fsp3) is 0.625. The maximum absolute atomic E-state index is 12.2. The molecule has 0 aliphatic heterocycles. The first-order valence-corrected chi connectivity index (χ1v) is 19.6. The number of carbonyl (C=O) groups is 4. The largest absolute Gasteiger partial charge is 0.462 e. The van der Waals surface area contributed by atoms with Gasteiger partial charge in [0.2, 0.25) is 0 Å². The van der Waals surface area contributed by atoms with E-state index in [1.807, 2.05) is 6.26 Å². The molecule has 0 saturated heterocycles. The van der Waals surface area contributed by atoms with Crippen molar-refractivity contribution in [2.24, 2.45) is 0 Å². The van der Waals surface area contributed by atoms with Crippen LogP contribution >= 0.6 is 33.3 Å². The second-order valence-corrected chi connectivity index (χ2v) is 13.3. The minimum atomic E-state index is -0.526. The number of nitrogens with zero attached hydrogens (tertiary/aromatic N) is 2. The molecule has 0 bridgehead atoms. The normalized spacial score (nSPS) is 11.5. The maximum Gasteiger partial charge on any atom is 0.332 e. The Kier molecular flexibility index (Phi) is 32.4. The lowest BCUT2D eigenvalue weighted by atomic mass is 10.2. The van der Waals surface area contributed by atoms with E-state index < -0.39 is 23.9 Å². The van der Waals surface area contributed by atoms with Gasteiger partial charge in [0, 0.05) is 99.8 Å². The zero-order valence-electron chi connectivity index (χ0n) is 28.0. The molecule has 16 heteroatoms. The highest BCUT2D eigenvalue weighted by atomic mass is 33.1. The number of thioether (sulfide) groups is 1. The summed E-state index contributed by atoms with van der Waals surface area (Å²) in [6.45, 7) is 2.45. The molecule has 0 amide bonds. The summed E-state index contributed by atoms with van der Waals surface area (Å²) in [6.07, 6.45) is 17.7. The molecule has 0 aromatic heterocycles. The van der Waals surface area contributed by atoms with Crippen molar-refractivity contribution in [1.82, 2.24) is 9.80 Å². The molecule has 0 fully saturated rings. The monoisotopic (exact) mass is 736 g/mol. The summed E-state index contributed by atoms with van der Waals surface area (Å²) in [6, 6.07) is 0. The molecule has 0 atom stereocenters. The van der Waals surface area contributed by atoms with Crippen LogP contribution in [0.1, 0.15) is 38.5 Å². The molecule has 0 spiro atoms. The SMILES string of the molecule is COCCOC(=O)/C=C/N(/C=C/C(=O)OCCSSCCOC(=O)/C=C/N(/C=C/C(=O)OCCSC)CCCCCO)CCCCCO. The number of carbonyl (C=O) groups excluding carboxylic acids is 4. The molecule has 0 unspecified atom stereocenters. The number of methoxy groups -OCH3 is 1. The second kappa shape index (κ2) is 34.2. The van der Waals surface area contributed by atoms with Crippen LogP contribution in [0.4, 0.5) is 0 Å². The van der Waals surface area contributed by atoms with Crippen molar-refractivity contribution in [2.45, 2.75) is 38.5 Å². The summed E-state index contributed by atoms with van der Waals surface area (Å²) >= 11 is 1.58. The smallest absolute Gasteiger partial charge is 0.332 e. The van der Waals surface area contributed by atoms with Gasteiger partial charge in [0.15, 0.2) is 0 Å². The molecular weight excluding hydrogens is 685 g/mol. The van der Waals surface area contributed by atoms with Crippen molar-refractivity contribution in [3.8, 4) is 0 Å². The van der Waals surface area contributed by atoms with Gasteiger partial charge in [-0.25, -0.2) is 19.2 Å². The van der Waals surface area contributed by atoms with E-state index in [0.717, 1.165) is 25.7 Å². The highest BCUT2D eigenvalue weighted by Gasteiger charge is 2.05. The molecule has 2 N–H and O–H groups in total. The Labute approximate surface area is 296 Å². The molecule has 13 nitrogen and oxygen atoms in total. The van der Waals surface area contributed by atoms with E-state index >= 15 is 0 Å². The number of esters is 4. The summed E-state index contributed by atoms with van der Waals surface area (Å²) < 4.78 is 25.4. The molecule has 0 radical (unpaired) electrons. The van der Waals surface area contributed by atoms with Gasteiger partial charge >= 0.3 is 23.9 Å². The Balaban J connectivity index is 4.44. The third kappa shape index (κ3) is 30.7. The fourth-order valence-electron chi connectivity index (χ4n) is 3.30. The molecule has 0 aromatic carbocycles. The first kappa shape index (κ1) is 45.4. The summed E-state index contributed by atoms with van der Waals surface area (Å²) in [5, 5.41) is 18.0. The number of ether oxygens (including phenoxy) is 5. The second-order valence-electron chi connectivity index (χ2n) is 9.61. The number of rotatable bonds is 31. The zero-order valence-corrected chi connectivity index (χ0v) is 30.5. The highest BCUT2D eigenvalue weighted by Crippen LogP contribution is 2.20. The number of aliphatic hydroxyl groups excluding tert-OH is 2. The van der Waals surface area contributed by atoms with Gasteiger partial charge in [0.05, 0.1) is 6.61 Å². The van der Waals surface area contributed by atoms with E-state index in [1.54, 1.807) is 34.0 Å². The lowest BCUT2D eigenvalue weighted by Gasteiger charge is -2.15. The zero-order chi connectivity index (χ0) is 35.5. The lowest BCUT2D eigenvalue weighted by Crippen LogP contribution is -2.15. The lowest BCUT2D eigenvalue weighted by molar-refractivity contribution is -0.139. The van der Waals surface area contributed by atoms with Crippen molar-refractivity contribution < 1.29 is 53.1 Å². The van der Waals surface area contributed by atoms with Crippen LogP contribution < -0.4 is 0 Å². The van der Waals surface area contributed by atoms with Gasteiger partial charge in [-0.3, -0.25) is 0 Å². The van der Waals surface area contributed by atoms with Gasteiger partial charge in [-0.15, -0.1) is 0 Å². The van der Waals surface area contributed by atoms with Gasteiger partial charge in [-0.2, -0.15) is 11.8 Å². The van der Waals surface area contributed by atoms with E-state index in [2.05, 4.69) is 0 Å². The quantitative estimate of drug-likeness (QED) is 0.0349. The highest BCUT2D eigenvalue weighted by molar-refractivity contribution is 8.76. The van der Waals surface area contributed by atoms with Crippen molar-refractivity contribution in [3.63, 3.8) is 0 Å². The van der Waals surface area contributed by atoms with Gasteiger partial charge < -0.3 is 43.7 Å². The van der Waals surface area contributed by atoms with E-state index in [9.17, 15) is 19.2 Å². The Hall–Kier alpha value is -2.63. The topological polar surface area (TPSA) is 161 Å². The molecule has 0 aromatic rings. The predicted octanol–water partition coefficient (Wildman–Crippen LogP) is 3.53. The van der Waals surface area contributed by atoms with Crippen molar-refractivity contribution in [3.05, 3.63) is 49.1 Å². The van der Waals surface area contributed by atoms with Crippen LogP contribution in [0.25, 0.3) is 0 Å². The molecular formula is C32H52N2O11S3. The summed E-state index contributed by atoms with van der Waals surface area (Å²) in [7, 11) is 4.47. The summed E-state index contributed by atoms with van der Waals surface area (Å²) in [5.74, 6) is -0.244. The van der Waals surface area contributed by atoms with Crippen molar-refractivity contribution in [2.75, 3.05) is 90.0 Å². The van der Waals surface area contributed by atoms with Crippen molar-refractivity contribution >= 4 is 57.2 Å². The average molecular weight is 737 g/mol. The molecule has 0 aliphatic rings. The first-order valence-electron chi connectivity index (χ1n) is 15.7. The van der Waals surface area contributed by atoms with Crippen LogP contribution in [-0.2, 0) is 42.9 Å². The van der Waals surface area contributed by atoms with E-state index in [-0.39, 0.29) is 33.0 Å². The van der Waals surface area contributed by atoms with Gasteiger partial charge in [0.1, 0.15) is 26.4 Å². The van der Waals surface area contributed by atoms with Gasteiger partial charge in [0.25, 0.3) is 0 Å². The molecule has 48 heavy (non-hydrogen) atoms.